The number of piperidine rings is 1. The summed E-state index contributed by atoms with van der Waals surface area (Å²) in [7, 11) is 1.83. The van der Waals surface area contributed by atoms with Gasteiger partial charge in [0.25, 0.3) is 5.91 Å². The van der Waals surface area contributed by atoms with E-state index in [0.717, 1.165) is 25.9 Å². The van der Waals surface area contributed by atoms with Gasteiger partial charge in [-0.15, -0.1) is 0 Å². The molecule has 2 aliphatic heterocycles. The second-order valence-electron chi connectivity index (χ2n) is 3.44. The molecular weight excluding hydrogens is 156 g/mol. The Morgan fingerprint density at radius 1 is 1.50 bits per heavy atom. The van der Waals surface area contributed by atoms with Crippen LogP contribution in [0.3, 0.4) is 0 Å². The summed E-state index contributed by atoms with van der Waals surface area (Å²) in [4.78, 5) is 13.0. The fourth-order valence-electron chi connectivity index (χ4n) is 1.91. The predicted molar refractivity (Wildman–Crippen MR) is 43.6 cm³/mol. The zero-order valence-electron chi connectivity index (χ0n) is 7.30. The number of carbonyl (C=O) groups excluding carboxylic acids is 1. The van der Waals surface area contributed by atoms with Gasteiger partial charge in [-0.3, -0.25) is 4.79 Å². The van der Waals surface area contributed by atoms with E-state index in [-0.39, 0.29) is 18.2 Å². The van der Waals surface area contributed by atoms with Crippen molar-refractivity contribution in [3.8, 4) is 0 Å². The predicted octanol–water partition coefficient (Wildman–Crippen LogP) is -0.445. The second-order valence-corrected chi connectivity index (χ2v) is 3.44. The summed E-state index contributed by atoms with van der Waals surface area (Å²) in [5, 5.41) is 3.25. The van der Waals surface area contributed by atoms with Gasteiger partial charge >= 0.3 is 0 Å². The van der Waals surface area contributed by atoms with Gasteiger partial charge in [0.05, 0.1) is 0 Å². The van der Waals surface area contributed by atoms with Crippen molar-refractivity contribution in [2.24, 2.45) is 0 Å². The van der Waals surface area contributed by atoms with E-state index in [0.29, 0.717) is 0 Å². The quantitative estimate of drug-likeness (QED) is 0.535. The van der Waals surface area contributed by atoms with Crippen molar-refractivity contribution in [1.82, 2.24) is 10.2 Å². The maximum absolute atomic E-state index is 11.2. The van der Waals surface area contributed by atoms with E-state index in [1.807, 2.05) is 7.05 Å². The van der Waals surface area contributed by atoms with E-state index in [1.165, 1.54) is 0 Å². The molecule has 2 saturated heterocycles. The Balaban J connectivity index is 2.14. The van der Waals surface area contributed by atoms with Gasteiger partial charge in [-0.05, 0) is 13.1 Å². The third kappa shape index (κ3) is 1.03. The van der Waals surface area contributed by atoms with Gasteiger partial charge in [0, 0.05) is 19.9 Å². The van der Waals surface area contributed by atoms with Crippen molar-refractivity contribution in [2.75, 3.05) is 26.7 Å². The minimum absolute atomic E-state index is 0.108. The minimum atomic E-state index is -0.275. The largest absolute Gasteiger partial charge is 0.346 e. The van der Waals surface area contributed by atoms with Gasteiger partial charge in [0.2, 0.25) is 0 Å². The van der Waals surface area contributed by atoms with Crippen LogP contribution in [0.15, 0.2) is 0 Å². The van der Waals surface area contributed by atoms with E-state index in [9.17, 15) is 4.79 Å². The molecule has 1 N–H and O–H groups in total. The molecule has 4 heteroatoms. The monoisotopic (exact) mass is 170 g/mol. The first-order valence-corrected chi connectivity index (χ1v) is 4.36. The molecule has 4 nitrogen and oxygen atoms in total. The zero-order chi connectivity index (χ0) is 8.60. The number of nitrogens with one attached hydrogen (secondary N) is 1. The molecule has 0 unspecified atom stereocenters. The van der Waals surface area contributed by atoms with Crippen LogP contribution in [0.5, 0.6) is 0 Å². The third-order valence-electron chi connectivity index (χ3n) is 2.83. The molecule has 0 bridgehead atoms. The smallest absolute Gasteiger partial charge is 0.250 e. The van der Waals surface area contributed by atoms with Gasteiger partial charge in [0.15, 0.2) is 0 Å². The highest BCUT2D eigenvalue weighted by atomic mass is 16.5. The minimum Gasteiger partial charge on any atom is -0.346 e. The van der Waals surface area contributed by atoms with Crippen LogP contribution in [0.2, 0.25) is 0 Å². The Morgan fingerprint density at radius 3 is 2.67 bits per heavy atom. The first-order chi connectivity index (χ1) is 5.75. The van der Waals surface area contributed by atoms with Crippen molar-refractivity contribution in [3.05, 3.63) is 0 Å². The molecule has 0 aromatic rings. The molecule has 2 aliphatic rings. The van der Waals surface area contributed by atoms with Gasteiger partial charge in [0.1, 0.15) is 12.3 Å². The van der Waals surface area contributed by atoms with Crippen LogP contribution in [-0.4, -0.2) is 43.3 Å². The maximum Gasteiger partial charge on any atom is 0.250 e. The number of ether oxygens (including phenoxy) is 1. The lowest BCUT2D eigenvalue weighted by Crippen LogP contribution is -2.51. The Bertz CT molecular complexity index is 199. The van der Waals surface area contributed by atoms with Crippen molar-refractivity contribution < 1.29 is 9.53 Å². The fraction of sp³-hybridized carbons (Fsp3) is 0.875. The van der Waals surface area contributed by atoms with Crippen molar-refractivity contribution in [1.29, 1.82) is 0 Å². The highest BCUT2D eigenvalue weighted by Crippen LogP contribution is 2.30. The van der Waals surface area contributed by atoms with E-state index >= 15 is 0 Å². The summed E-state index contributed by atoms with van der Waals surface area (Å²) in [6.07, 6.45) is 1.82. The molecule has 1 amide bonds. The van der Waals surface area contributed by atoms with E-state index in [1.54, 1.807) is 4.90 Å². The topological polar surface area (TPSA) is 41.6 Å². The summed E-state index contributed by atoms with van der Waals surface area (Å²) >= 11 is 0. The Kier molecular flexibility index (Phi) is 1.81. The fourth-order valence-corrected chi connectivity index (χ4v) is 1.91. The summed E-state index contributed by atoms with van der Waals surface area (Å²) in [6.45, 7) is 2.14. The van der Waals surface area contributed by atoms with Crippen LogP contribution in [-0.2, 0) is 9.53 Å². The molecule has 68 valence electrons. The molecule has 0 saturated carbocycles. The maximum atomic E-state index is 11.2. The van der Waals surface area contributed by atoms with Crippen LogP contribution in [0.1, 0.15) is 12.8 Å². The van der Waals surface area contributed by atoms with Crippen LogP contribution < -0.4 is 5.32 Å². The van der Waals surface area contributed by atoms with Crippen molar-refractivity contribution in [2.45, 2.75) is 18.6 Å². The SMILES string of the molecule is CN1C(=O)COC12CCNCC2. The molecule has 2 heterocycles. The molecule has 2 rings (SSSR count). The van der Waals surface area contributed by atoms with E-state index in [2.05, 4.69) is 5.32 Å². The van der Waals surface area contributed by atoms with Crippen LogP contribution in [0.4, 0.5) is 0 Å². The average Bonchev–Trinajstić information content (AvgIpc) is 2.37. The number of nitrogens with zero attached hydrogens (tertiary/aromatic N) is 1. The van der Waals surface area contributed by atoms with E-state index < -0.39 is 0 Å². The highest BCUT2D eigenvalue weighted by Gasteiger charge is 2.44. The molecule has 0 radical (unpaired) electrons. The molecule has 0 aromatic carbocycles. The molecule has 1 spiro atoms. The van der Waals surface area contributed by atoms with Gasteiger partial charge in [-0.1, -0.05) is 0 Å². The highest BCUT2D eigenvalue weighted by molar-refractivity contribution is 5.79. The first kappa shape index (κ1) is 8.01. The number of carbonyl (C=O) groups is 1. The lowest BCUT2D eigenvalue weighted by atomic mass is 10.0. The van der Waals surface area contributed by atoms with Crippen LogP contribution in [0, 0.1) is 0 Å². The number of hydrogen-bond acceptors (Lipinski definition) is 3. The standard InChI is InChI=1S/C8H14N2O2/c1-10-7(11)6-12-8(10)2-4-9-5-3-8/h9H,2-6H2,1H3. The third-order valence-corrected chi connectivity index (χ3v) is 2.83. The normalized spacial score (nSPS) is 28.4. The lowest BCUT2D eigenvalue weighted by Gasteiger charge is -2.37. The van der Waals surface area contributed by atoms with E-state index in [4.69, 9.17) is 4.74 Å². The Morgan fingerprint density at radius 2 is 2.17 bits per heavy atom. The molecule has 0 aromatic heterocycles. The summed E-state index contributed by atoms with van der Waals surface area (Å²) in [6, 6.07) is 0. The Labute approximate surface area is 71.9 Å². The number of amides is 1. The number of hydrogen-bond donors (Lipinski definition) is 1. The van der Waals surface area contributed by atoms with Crippen molar-refractivity contribution >= 4 is 5.91 Å². The van der Waals surface area contributed by atoms with Gasteiger partial charge < -0.3 is 15.0 Å². The molecule has 0 aliphatic carbocycles. The summed E-state index contributed by atoms with van der Waals surface area (Å²) in [5.41, 5.74) is -0.275. The zero-order valence-corrected chi connectivity index (χ0v) is 7.30. The number of likely N-dealkylation sites (N-methyl/N-ethyl adjacent to an activating group) is 1. The molecule has 12 heavy (non-hydrogen) atoms. The summed E-state index contributed by atoms with van der Waals surface area (Å²) in [5.74, 6) is 0.108. The van der Waals surface area contributed by atoms with Gasteiger partial charge in [-0.2, -0.15) is 0 Å². The van der Waals surface area contributed by atoms with Crippen LogP contribution in [0.25, 0.3) is 0 Å². The van der Waals surface area contributed by atoms with Crippen LogP contribution >= 0.6 is 0 Å². The first-order valence-electron chi connectivity index (χ1n) is 4.36. The molecule has 0 atom stereocenters. The van der Waals surface area contributed by atoms with Gasteiger partial charge in [-0.25, -0.2) is 0 Å². The average molecular weight is 170 g/mol. The molecule has 2 fully saturated rings. The number of rotatable bonds is 0. The molecular formula is C8H14N2O2. The van der Waals surface area contributed by atoms with Crippen molar-refractivity contribution in [3.63, 3.8) is 0 Å². The summed E-state index contributed by atoms with van der Waals surface area (Å²) < 4.78 is 5.54. The second kappa shape index (κ2) is 2.71. The lowest BCUT2D eigenvalue weighted by molar-refractivity contribution is -0.132. The Hall–Kier alpha value is -0.610.